The second-order valence-electron chi connectivity index (χ2n) is 6.86. The average molecular weight is 363 g/mol. The van der Waals surface area contributed by atoms with Crippen molar-refractivity contribution in [1.82, 2.24) is 30.0 Å². The summed E-state index contributed by atoms with van der Waals surface area (Å²) in [6.45, 7) is 4.07. The summed E-state index contributed by atoms with van der Waals surface area (Å²) in [5, 5.41) is 11.5. The summed E-state index contributed by atoms with van der Waals surface area (Å²) in [7, 11) is 1.94. The maximum Gasteiger partial charge on any atom is 0.161 e. The molecule has 140 valence electrons. The Bertz CT molecular complexity index is 904. The lowest BCUT2D eigenvalue weighted by Gasteiger charge is -2.20. The molecule has 1 aliphatic rings. The molecule has 2 N–H and O–H groups in total. The van der Waals surface area contributed by atoms with Crippen LogP contribution in [0.4, 0.5) is 5.82 Å². The first-order valence-electron chi connectivity index (χ1n) is 9.50. The van der Waals surface area contributed by atoms with E-state index in [9.17, 15) is 0 Å². The standard InChI is InChI=1S/C20H25N7/c1-3-17(15-12-23-27(2)13-15)24-20-16-6-10-22-11-7-18(16)25-19(26-20)14-4-8-21-9-5-14/h4-5,8-9,12-13,17,22H,3,6-7,10-11H2,1-2H3,(H,24,25,26)/t17-/m1/s1. The third-order valence-corrected chi connectivity index (χ3v) is 4.97. The molecule has 7 heteroatoms. The van der Waals surface area contributed by atoms with Crippen LogP contribution in [-0.4, -0.2) is 37.8 Å². The van der Waals surface area contributed by atoms with Gasteiger partial charge in [0.25, 0.3) is 0 Å². The van der Waals surface area contributed by atoms with E-state index in [1.54, 1.807) is 12.4 Å². The van der Waals surface area contributed by atoms with E-state index < -0.39 is 0 Å². The smallest absolute Gasteiger partial charge is 0.161 e. The van der Waals surface area contributed by atoms with E-state index in [2.05, 4.69) is 33.8 Å². The van der Waals surface area contributed by atoms with Gasteiger partial charge >= 0.3 is 0 Å². The molecule has 27 heavy (non-hydrogen) atoms. The minimum absolute atomic E-state index is 0.166. The number of nitrogens with zero attached hydrogens (tertiary/aromatic N) is 5. The predicted molar refractivity (Wildman–Crippen MR) is 105 cm³/mol. The first-order chi connectivity index (χ1) is 13.2. The van der Waals surface area contributed by atoms with Crippen LogP contribution in [0.25, 0.3) is 11.4 Å². The number of aromatic nitrogens is 5. The Balaban J connectivity index is 1.75. The fourth-order valence-electron chi connectivity index (χ4n) is 3.50. The minimum atomic E-state index is 0.166. The molecule has 0 amide bonds. The van der Waals surface area contributed by atoms with Crippen LogP contribution in [0.2, 0.25) is 0 Å². The van der Waals surface area contributed by atoms with Gasteiger partial charge in [-0.2, -0.15) is 5.10 Å². The highest BCUT2D eigenvalue weighted by Gasteiger charge is 2.20. The highest BCUT2D eigenvalue weighted by Crippen LogP contribution is 2.28. The Kier molecular flexibility index (Phi) is 5.11. The van der Waals surface area contributed by atoms with Crippen LogP contribution in [0.3, 0.4) is 0 Å². The van der Waals surface area contributed by atoms with Crippen LogP contribution < -0.4 is 10.6 Å². The number of hydrogen-bond acceptors (Lipinski definition) is 6. The normalized spacial score (nSPS) is 15.0. The number of pyridine rings is 1. The lowest BCUT2D eigenvalue weighted by molar-refractivity contribution is 0.707. The molecule has 1 aliphatic heterocycles. The molecule has 0 spiro atoms. The molecule has 0 bridgehead atoms. The molecule has 0 radical (unpaired) electrons. The Labute approximate surface area is 159 Å². The molecule has 0 unspecified atom stereocenters. The second kappa shape index (κ2) is 7.84. The van der Waals surface area contributed by atoms with Gasteiger partial charge in [-0.25, -0.2) is 9.97 Å². The third-order valence-electron chi connectivity index (χ3n) is 4.97. The molecule has 0 aromatic carbocycles. The summed E-state index contributed by atoms with van der Waals surface area (Å²) in [4.78, 5) is 13.9. The van der Waals surface area contributed by atoms with Crippen molar-refractivity contribution in [2.75, 3.05) is 18.4 Å². The molecule has 1 atom stereocenters. The minimum Gasteiger partial charge on any atom is -0.363 e. The van der Waals surface area contributed by atoms with Crippen molar-refractivity contribution in [2.24, 2.45) is 7.05 Å². The maximum atomic E-state index is 4.91. The number of anilines is 1. The lowest BCUT2D eigenvalue weighted by Crippen LogP contribution is -2.16. The van der Waals surface area contributed by atoms with Gasteiger partial charge in [-0.15, -0.1) is 0 Å². The predicted octanol–water partition coefficient (Wildman–Crippen LogP) is 2.52. The number of hydrogen-bond donors (Lipinski definition) is 2. The van der Waals surface area contributed by atoms with E-state index in [1.165, 1.54) is 11.1 Å². The highest BCUT2D eigenvalue weighted by atomic mass is 15.2. The highest BCUT2D eigenvalue weighted by molar-refractivity contribution is 5.60. The van der Waals surface area contributed by atoms with Crippen molar-refractivity contribution in [2.45, 2.75) is 32.2 Å². The molecule has 4 rings (SSSR count). The van der Waals surface area contributed by atoms with Crippen LogP contribution in [0.15, 0.2) is 36.9 Å². The van der Waals surface area contributed by atoms with Crippen LogP contribution >= 0.6 is 0 Å². The monoisotopic (exact) mass is 363 g/mol. The molecular weight excluding hydrogens is 338 g/mol. The van der Waals surface area contributed by atoms with E-state index in [-0.39, 0.29) is 6.04 Å². The largest absolute Gasteiger partial charge is 0.363 e. The van der Waals surface area contributed by atoms with Gasteiger partial charge in [0.1, 0.15) is 5.82 Å². The molecule has 3 aromatic heterocycles. The third kappa shape index (κ3) is 3.83. The van der Waals surface area contributed by atoms with Crippen molar-refractivity contribution in [3.05, 3.63) is 53.7 Å². The zero-order valence-corrected chi connectivity index (χ0v) is 15.8. The van der Waals surface area contributed by atoms with Crippen LogP contribution in [0, 0.1) is 0 Å². The second-order valence-corrected chi connectivity index (χ2v) is 6.86. The molecule has 4 heterocycles. The van der Waals surface area contributed by atoms with Gasteiger partial charge in [-0.05, 0) is 31.5 Å². The summed E-state index contributed by atoms with van der Waals surface area (Å²) in [6.07, 6.45) is 10.3. The average Bonchev–Trinajstić information content (AvgIpc) is 2.99. The summed E-state index contributed by atoms with van der Waals surface area (Å²) >= 11 is 0. The van der Waals surface area contributed by atoms with Crippen molar-refractivity contribution in [3.63, 3.8) is 0 Å². The van der Waals surface area contributed by atoms with E-state index in [1.807, 2.05) is 30.1 Å². The fraction of sp³-hybridized carbons (Fsp3) is 0.400. The van der Waals surface area contributed by atoms with E-state index in [0.717, 1.165) is 55.3 Å². The summed E-state index contributed by atoms with van der Waals surface area (Å²) in [6, 6.07) is 4.08. The van der Waals surface area contributed by atoms with Crippen molar-refractivity contribution < 1.29 is 0 Å². The van der Waals surface area contributed by atoms with E-state index in [4.69, 9.17) is 9.97 Å². The molecule has 0 aliphatic carbocycles. The molecule has 7 nitrogen and oxygen atoms in total. The van der Waals surface area contributed by atoms with Crippen LogP contribution in [0.1, 0.15) is 36.2 Å². The maximum absolute atomic E-state index is 4.91. The number of fused-ring (bicyclic) bond motifs is 1. The molecule has 0 saturated carbocycles. The van der Waals surface area contributed by atoms with Gasteiger partial charge in [0.2, 0.25) is 0 Å². The van der Waals surface area contributed by atoms with Crippen molar-refractivity contribution in [1.29, 1.82) is 0 Å². The number of rotatable bonds is 5. The Morgan fingerprint density at radius 3 is 2.74 bits per heavy atom. The molecule has 3 aromatic rings. The lowest BCUT2D eigenvalue weighted by atomic mass is 10.1. The molecule has 0 saturated heterocycles. The quantitative estimate of drug-likeness (QED) is 0.725. The van der Waals surface area contributed by atoms with Gasteiger partial charge < -0.3 is 10.6 Å². The zero-order chi connectivity index (χ0) is 18.6. The van der Waals surface area contributed by atoms with Gasteiger partial charge in [0, 0.05) is 55.3 Å². The van der Waals surface area contributed by atoms with E-state index in [0.29, 0.717) is 0 Å². The van der Waals surface area contributed by atoms with Crippen molar-refractivity contribution in [3.8, 4) is 11.4 Å². The summed E-state index contributed by atoms with van der Waals surface area (Å²) in [5.41, 5.74) is 4.51. The Morgan fingerprint density at radius 1 is 1.19 bits per heavy atom. The molecule has 0 fully saturated rings. The van der Waals surface area contributed by atoms with E-state index >= 15 is 0 Å². The number of aryl methyl sites for hydroxylation is 1. The summed E-state index contributed by atoms with van der Waals surface area (Å²) in [5.74, 6) is 1.69. The topological polar surface area (TPSA) is 80.6 Å². The zero-order valence-electron chi connectivity index (χ0n) is 15.8. The Morgan fingerprint density at radius 2 is 2.00 bits per heavy atom. The van der Waals surface area contributed by atoms with Crippen LogP contribution in [0.5, 0.6) is 0 Å². The van der Waals surface area contributed by atoms with Crippen LogP contribution in [-0.2, 0) is 19.9 Å². The van der Waals surface area contributed by atoms with Gasteiger partial charge in [-0.3, -0.25) is 9.67 Å². The first kappa shape index (κ1) is 17.6. The first-order valence-corrected chi connectivity index (χ1v) is 9.50. The fourth-order valence-corrected chi connectivity index (χ4v) is 3.50. The van der Waals surface area contributed by atoms with Gasteiger partial charge in [0.15, 0.2) is 5.82 Å². The SMILES string of the molecule is CC[C@@H](Nc1nc(-c2ccncc2)nc2c1CCNCC2)c1cnn(C)c1. The Hall–Kier alpha value is -2.80. The van der Waals surface area contributed by atoms with Gasteiger partial charge in [-0.1, -0.05) is 6.92 Å². The van der Waals surface area contributed by atoms with Crippen molar-refractivity contribution >= 4 is 5.82 Å². The number of nitrogens with one attached hydrogen (secondary N) is 2. The van der Waals surface area contributed by atoms with Gasteiger partial charge in [0.05, 0.1) is 17.9 Å². The molecular formula is C20H25N7. The summed E-state index contributed by atoms with van der Waals surface area (Å²) < 4.78 is 1.84.